The van der Waals surface area contributed by atoms with Crippen LogP contribution in [0.15, 0.2) is 24.3 Å². The largest absolute Gasteiger partial charge is 0.392 e. The van der Waals surface area contributed by atoms with Gasteiger partial charge >= 0.3 is 0 Å². The zero-order valence-corrected chi connectivity index (χ0v) is 11.3. The van der Waals surface area contributed by atoms with E-state index in [1.165, 1.54) is 5.75 Å². The molecule has 1 aliphatic heterocycles. The van der Waals surface area contributed by atoms with E-state index in [9.17, 15) is 5.11 Å². The first-order chi connectivity index (χ1) is 7.75. The van der Waals surface area contributed by atoms with Crippen molar-refractivity contribution in [3.05, 3.63) is 34.9 Å². The normalized spacial score (nSPS) is 23.0. The van der Waals surface area contributed by atoms with E-state index in [1.807, 2.05) is 47.8 Å². The van der Waals surface area contributed by atoms with Crippen molar-refractivity contribution in [1.82, 2.24) is 0 Å². The minimum atomic E-state index is -0.237. The molecule has 88 valence electrons. The zero-order chi connectivity index (χ0) is 11.4. The molecule has 1 aliphatic rings. The molecule has 16 heavy (non-hydrogen) atoms. The zero-order valence-electron chi connectivity index (χ0n) is 8.93. The van der Waals surface area contributed by atoms with Gasteiger partial charge in [0.1, 0.15) is 0 Å². The summed E-state index contributed by atoms with van der Waals surface area (Å²) in [6, 6.07) is 7.75. The molecule has 0 bridgehead atoms. The summed E-state index contributed by atoms with van der Waals surface area (Å²) in [4.78, 5) is 0. The fourth-order valence-electron chi connectivity index (χ4n) is 1.72. The van der Waals surface area contributed by atoms with Gasteiger partial charge in [-0.2, -0.15) is 23.5 Å². The molecule has 1 heterocycles. The number of halogens is 1. The molecule has 0 saturated carbocycles. The van der Waals surface area contributed by atoms with Gasteiger partial charge in [0.05, 0.1) is 6.10 Å². The van der Waals surface area contributed by atoms with Crippen molar-refractivity contribution in [2.75, 3.05) is 17.3 Å². The molecule has 2 atom stereocenters. The smallest absolute Gasteiger partial charge is 0.0707 e. The number of rotatable bonds is 3. The molecule has 1 nitrogen and oxygen atoms in total. The Morgan fingerprint density at radius 3 is 2.69 bits per heavy atom. The van der Waals surface area contributed by atoms with Crippen LogP contribution < -0.4 is 0 Å². The molecule has 2 unspecified atom stereocenters. The molecule has 2 rings (SSSR count). The molecular formula is C12H15ClOS2. The quantitative estimate of drug-likeness (QED) is 0.915. The Kier molecular flexibility index (Phi) is 4.89. The third-order valence-corrected chi connectivity index (χ3v) is 5.79. The third kappa shape index (κ3) is 3.59. The van der Waals surface area contributed by atoms with Crippen LogP contribution in [0.4, 0.5) is 0 Å². The van der Waals surface area contributed by atoms with Gasteiger partial charge in [-0.05, 0) is 24.1 Å². The maximum absolute atomic E-state index is 10.1. The van der Waals surface area contributed by atoms with E-state index in [0.717, 1.165) is 28.5 Å². The summed E-state index contributed by atoms with van der Waals surface area (Å²) >= 11 is 9.67. The highest BCUT2D eigenvalue weighted by molar-refractivity contribution is 8.06. The van der Waals surface area contributed by atoms with Gasteiger partial charge in [0.15, 0.2) is 0 Å². The van der Waals surface area contributed by atoms with Gasteiger partial charge in [-0.25, -0.2) is 0 Å². The molecule has 4 heteroatoms. The summed E-state index contributed by atoms with van der Waals surface area (Å²) in [7, 11) is 0. The van der Waals surface area contributed by atoms with E-state index in [0.29, 0.717) is 5.25 Å². The van der Waals surface area contributed by atoms with Crippen LogP contribution in [0.5, 0.6) is 0 Å². The summed E-state index contributed by atoms with van der Waals surface area (Å²) in [5, 5.41) is 11.3. The Hall–Kier alpha value is 0.170. The molecule has 1 aromatic rings. The van der Waals surface area contributed by atoms with Crippen LogP contribution in [0.1, 0.15) is 5.56 Å². The Balaban J connectivity index is 1.90. The van der Waals surface area contributed by atoms with E-state index in [4.69, 9.17) is 11.6 Å². The SMILES string of the molecule is OC(Cc1ccc(Cl)cc1)C1CSCCS1. The molecule has 0 spiro atoms. The van der Waals surface area contributed by atoms with Crippen molar-refractivity contribution in [2.45, 2.75) is 17.8 Å². The lowest BCUT2D eigenvalue weighted by molar-refractivity contribution is 0.177. The molecule has 1 N–H and O–H groups in total. The third-order valence-electron chi connectivity index (χ3n) is 2.63. The summed E-state index contributed by atoms with van der Waals surface area (Å²) in [6.45, 7) is 0. The number of thioether (sulfide) groups is 2. The van der Waals surface area contributed by atoms with E-state index < -0.39 is 0 Å². The van der Waals surface area contributed by atoms with Crippen LogP contribution in [-0.4, -0.2) is 33.7 Å². The molecular weight excluding hydrogens is 260 g/mol. The molecule has 1 fully saturated rings. The number of aliphatic hydroxyl groups is 1. The maximum atomic E-state index is 10.1. The van der Waals surface area contributed by atoms with Crippen molar-refractivity contribution in [3.8, 4) is 0 Å². The number of benzene rings is 1. The second-order valence-corrected chi connectivity index (χ2v) is 6.82. The van der Waals surface area contributed by atoms with Crippen molar-refractivity contribution in [2.24, 2.45) is 0 Å². The highest BCUT2D eigenvalue weighted by Crippen LogP contribution is 2.27. The second kappa shape index (κ2) is 6.20. The van der Waals surface area contributed by atoms with E-state index in [-0.39, 0.29) is 6.10 Å². The van der Waals surface area contributed by atoms with E-state index in [1.54, 1.807) is 0 Å². The van der Waals surface area contributed by atoms with E-state index in [2.05, 4.69) is 0 Å². The molecule has 0 amide bonds. The second-order valence-electron chi connectivity index (χ2n) is 3.88. The predicted molar refractivity (Wildman–Crippen MR) is 74.7 cm³/mol. The van der Waals surface area contributed by atoms with Crippen LogP contribution in [0.3, 0.4) is 0 Å². The van der Waals surface area contributed by atoms with Gasteiger partial charge in [-0.1, -0.05) is 23.7 Å². The topological polar surface area (TPSA) is 20.2 Å². The highest BCUT2D eigenvalue weighted by Gasteiger charge is 2.22. The number of aliphatic hydroxyl groups excluding tert-OH is 1. The molecule has 0 radical (unpaired) electrons. The van der Waals surface area contributed by atoms with Crippen LogP contribution >= 0.6 is 35.1 Å². The highest BCUT2D eigenvalue weighted by atomic mass is 35.5. The number of hydrogen-bond donors (Lipinski definition) is 1. The first-order valence-corrected chi connectivity index (χ1v) is 7.96. The van der Waals surface area contributed by atoms with Gasteiger partial charge in [-0.15, -0.1) is 0 Å². The first-order valence-electron chi connectivity index (χ1n) is 5.37. The molecule has 1 aromatic carbocycles. The summed E-state index contributed by atoms with van der Waals surface area (Å²) in [6.07, 6.45) is 0.494. The lowest BCUT2D eigenvalue weighted by Gasteiger charge is -2.25. The van der Waals surface area contributed by atoms with Crippen LogP contribution in [0.25, 0.3) is 0 Å². The predicted octanol–water partition coefficient (Wildman–Crippen LogP) is 3.09. The van der Waals surface area contributed by atoms with Crippen molar-refractivity contribution in [1.29, 1.82) is 0 Å². The van der Waals surface area contributed by atoms with Gasteiger partial charge < -0.3 is 5.11 Å². The van der Waals surface area contributed by atoms with Crippen molar-refractivity contribution < 1.29 is 5.11 Å². The van der Waals surface area contributed by atoms with E-state index >= 15 is 0 Å². The molecule has 0 aliphatic carbocycles. The van der Waals surface area contributed by atoms with Crippen molar-refractivity contribution >= 4 is 35.1 Å². The Morgan fingerprint density at radius 1 is 1.31 bits per heavy atom. The minimum Gasteiger partial charge on any atom is -0.392 e. The van der Waals surface area contributed by atoms with Crippen molar-refractivity contribution in [3.63, 3.8) is 0 Å². The molecule has 0 aromatic heterocycles. The van der Waals surface area contributed by atoms with Gasteiger partial charge in [0, 0.05) is 27.5 Å². The summed E-state index contributed by atoms with van der Waals surface area (Å²) in [5.41, 5.74) is 1.16. The Labute approximate surface area is 110 Å². The standard InChI is InChI=1S/C12H15ClOS2/c13-10-3-1-9(2-4-10)7-11(14)12-8-15-5-6-16-12/h1-4,11-12,14H,5-8H2. The summed E-state index contributed by atoms with van der Waals surface area (Å²) in [5.74, 6) is 3.45. The van der Waals surface area contributed by atoms with Gasteiger partial charge in [-0.3, -0.25) is 0 Å². The van der Waals surface area contributed by atoms with Gasteiger partial charge in [0.2, 0.25) is 0 Å². The average molecular weight is 275 g/mol. The van der Waals surface area contributed by atoms with Crippen LogP contribution in [-0.2, 0) is 6.42 Å². The lowest BCUT2D eigenvalue weighted by Crippen LogP contribution is -2.30. The first kappa shape index (κ1) is 12.6. The molecule has 1 saturated heterocycles. The number of hydrogen-bond acceptors (Lipinski definition) is 3. The summed E-state index contributed by atoms with van der Waals surface area (Å²) < 4.78 is 0. The lowest BCUT2D eigenvalue weighted by atomic mass is 10.1. The maximum Gasteiger partial charge on any atom is 0.0707 e. The average Bonchev–Trinajstić information content (AvgIpc) is 2.33. The Morgan fingerprint density at radius 2 is 2.06 bits per heavy atom. The Bertz CT molecular complexity index is 322. The van der Waals surface area contributed by atoms with Crippen LogP contribution in [0.2, 0.25) is 5.02 Å². The van der Waals surface area contributed by atoms with Crippen LogP contribution in [0, 0.1) is 0 Å². The monoisotopic (exact) mass is 274 g/mol. The fourth-order valence-corrected chi connectivity index (χ4v) is 4.62. The van der Waals surface area contributed by atoms with Gasteiger partial charge in [0.25, 0.3) is 0 Å². The fraction of sp³-hybridized carbons (Fsp3) is 0.500. The minimum absolute atomic E-state index is 0.237.